The normalized spacial score (nSPS) is 8.95. The summed E-state index contributed by atoms with van der Waals surface area (Å²) in [5, 5.41) is 0. The van der Waals surface area contributed by atoms with E-state index in [4.69, 9.17) is 4.74 Å². The molecule has 0 bridgehead atoms. The summed E-state index contributed by atoms with van der Waals surface area (Å²) in [5.74, 6) is 5.34. The summed E-state index contributed by atoms with van der Waals surface area (Å²) in [5.41, 5.74) is 5.23. The Balaban J connectivity index is 1.90. The maximum atomic E-state index is 11.8. The fourth-order valence-corrected chi connectivity index (χ4v) is 1.67. The molecule has 2 aromatic carbocycles. The van der Waals surface area contributed by atoms with E-state index in [2.05, 4.69) is 17.6 Å². The first kappa shape index (κ1) is 15.4. The second kappa shape index (κ2) is 8.32. The van der Waals surface area contributed by atoms with Crippen LogP contribution >= 0.6 is 0 Å². The Morgan fingerprint density at radius 3 is 2.36 bits per heavy atom. The highest BCUT2D eigenvalue weighted by atomic mass is 16.5. The van der Waals surface area contributed by atoms with Crippen LogP contribution in [0.3, 0.4) is 0 Å². The third kappa shape index (κ3) is 5.17. The summed E-state index contributed by atoms with van der Waals surface area (Å²) >= 11 is 0. The van der Waals surface area contributed by atoms with Gasteiger partial charge in [-0.15, -0.1) is 5.73 Å². The zero-order chi connectivity index (χ0) is 15.6. The van der Waals surface area contributed by atoms with Crippen molar-refractivity contribution in [2.45, 2.75) is 6.92 Å². The number of benzene rings is 2. The summed E-state index contributed by atoms with van der Waals surface area (Å²) in [6.07, 6.45) is 1.76. The van der Waals surface area contributed by atoms with Gasteiger partial charge in [0.15, 0.2) is 6.61 Å². The standard InChI is InChI=1S/C20H16O2/c1-17(14-15-19-11-6-3-7-12-19)20(21)22-16-8-13-18-9-4-2-5-10-18/h2-7,9-12,15H,16H2,1H3. The van der Waals surface area contributed by atoms with Gasteiger partial charge in [0, 0.05) is 5.56 Å². The summed E-state index contributed by atoms with van der Waals surface area (Å²) in [7, 11) is 0. The number of hydrogen-bond acceptors (Lipinski definition) is 2. The quantitative estimate of drug-likeness (QED) is 0.371. The topological polar surface area (TPSA) is 26.3 Å². The minimum atomic E-state index is -0.408. The molecule has 0 aliphatic heterocycles. The average molecular weight is 288 g/mol. The van der Waals surface area contributed by atoms with Crippen LogP contribution < -0.4 is 0 Å². The predicted molar refractivity (Wildman–Crippen MR) is 87.9 cm³/mol. The molecule has 2 aromatic rings. The van der Waals surface area contributed by atoms with E-state index in [9.17, 15) is 4.79 Å². The first-order valence-electron chi connectivity index (χ1n) is 6.95. The highest BCUT2D eigenvalue weighted by molar-refractivity contribution is 5.88. The van der Waals surface area contributed by atoms with Gasteiger partial charge in [0.1, 0.15) is 0 Å². The molecule has 0 spiro atoms. The van der Waals surface area contributed by atoms with Crippen LogP contribution in [0.5, 0.6) is 0 Å². The molecular weight excluding hydrogens is 272 g/mol. The smallest absolute Gasteiger partial charge is 0.342 e. The van der Waals surface area contributed by atoms with Gasteiger partial charge >= 0.3 is 5.97 Å². The third-order valence-electron chi connectivity index (χ3n) is 2.84. The van der Waals surface area contributed by atoms with E-state index in [1.807, 2.05) is 60.7 Å². The molecule has 0 heterocycles. The molecule has 2 rings (SSSR count). The first-order chi connectivity index (χ1) is 10.8. The highest BCUT2D eigenvalue weighted by Gasteiger charge is 2.02. The summed E-state index contributed by atoms with van der Waals surface area (Å²) in [4.78, 5) is 11.8. The number of rotatable bonds is 3. The van der Waals surface area contributed by atoms with Gasteiger partial charge in [-0.3, -0.25) is 0 Å². The molecule has 22 heavy (non-hydrogen) atoms. The van der Waals surface area contributed by atoms with Crippen LogP contribution in [0.25, 0.3) is 6.08 Å². The van der Waals surface area contributed by atoms with Gasteiger partial charge in [0.2, 0.25) is 0 Å². The van der Waals surface area contributed by atoms with Crippen molar-refractivity contribution in [3.8, 4) is 11.8 Å². The van der Waals surface area contributed by atoms with Gasteiger partial charge in [-0.05, 0) is 30.7 Å². The zero-order valence-corrected chi connectivity index (χ0v) is 12.4. The SMILES string of the molecule is CC(=C=Cc1ccccc1)C(=O)OCC#Cc1ccccc1. The number of hydrogen-bond donors (Lipinski definition) is 0. The lowest BCUT2D eigenvalue weighted by Gasteiger charge is -1.97. The molecule has 0 fully saturated rings. The van der Waals surface area contributed by atoms with Gasteiger partial charge in [0.05, 0.1) is 5.57 Å². The lowest BCUT2D eigenvalue weighted by Crippen LogP contribution is -2.05. The fourth-order valence-electron chi connectivity index (χ4n) is 1.67. The van der Waals surface area contributed by atoms with E-state index >= 15 is 0 Å². The average Bonchev–Trinajstić information content (AvgIpc) is 2.58. The maximum absolute atomic E-state index is 11.8. The predicted octanol–water partition coefficient (Wildman–Crippen LogP) is 3.84. The molecule has 0 aliphatic carbocycles. The van der Waals surface area contributed by atoms with Gasteiger partial charge in [0.25, 0.3) is 0 Å². The molecule has 2 nitrogen and oxygen atoms in total. The highest BCUT2D eigenvalue weighted by Crippen LogP contribution is 2.02. The van der Waals surface area contributed by atoms with Gasteiger partial charge in [-0.25, -0.2) is 4.79 Å². The minimum Gasteiger partial charge on any atom is -0.449 e. The molecule has 0 radical (unpaired) electrons. The van der Waals surface area contributed by atoms with E-state index in [0.717, 1.165) is 11.1 Å². The van der Waals surface area contributed by atoms with Crippen molar-refractivity contribution in [1.29, 1.82) is 0 Å². The molecule has 0 N–H and O–H groups in total. The van der Waals surface area contributed by atoms with Crippen LogP contribution in [-0.4, -0.2) is 12.6 Å². The number of carbonyl (C=O) groups excluding carboxylic acids is 1. The van der Waals surface area contributed by atoms with E-state index in [0.29, 0.717) is 5.57 Å². The molecule has 0 amide bonds. The number of esters is 1. The molecule has 2 heteroatoms. The van der Waals surface area contributed by atoms with E-state index in [1.165, 1.54) is 0 Å². The largest absolute Gasteiger partial charge is 0.449 e. The summed E-state index contributed by atoms with van der Waals surface area (Å²) < 4.78 is 5.08. The molecule has 0 aliphatic rings. The molecule has 0 atom stereocenters. The zero-order valence-electron chi connectivity index (χ0n) is 12.4. The Hall–Kier alpha value is -3.01. The summed E-state index contributed by atoms with van der Waals surface area (Å²) in [6, 6.07) is 19.3. The maximum Gasteiger partial charge on any atom is 0.342 e. The monoisotopic (exact) mass is 288 g/mol. The van der Waals surface area contributed by atoms with Gasteiger partial charge in [-0.2, -0.15) is 0 Å². The Morgan fingerprint density at radius 2 is 1.68 bits per heavy atom. The minimum absolute atomic E-state index is 0.0675. The molecule has 0 saturated heterocycles. The Labute approximate surface area is 130 Å². The van der Waals surface area contributed by atoms with Crippen LogP contribution in [0.4, 0.5) is 0 Å². The van der Waals surface area contributed by atoms with E-state index < -0.39 is 5.97 Å². The van der Waals surface area contributed by atoms with Gasteiger partial charge in [-0.1, -0.05) is 60.4 Å². The first-order valence-corrected chi connectivity index (χ1v) is 6.95. The number of carbonyl (C=O) groups is 1. The molecule has 108 valence electrons. The second-order valence-electron chi connectivity index (χ2n) is 4.57. The number of ether oxygens (including phenoxy) is 1. The lowest BCUT2D eigenvalue weighted by molar-refractivity contribution is -0.137. The van der Waals surface area contributed by atoms with Crippen LogP contribution in [0.2, 0.25) is 0 Å². The van der Waals surface area contributed by atoms with Crippen molar-refractivity contribution in [2.75, 3.05) is 6.61 Å². The Kier molecular flexibility index (Phi) is 5.81. The molecule has 0 unspecified atom stereocenters. The van der Waals surface area contributed by atoms with Gasteiger partial charge < -0.3 is 4.74 Å². The van der Waals surface area contributed by atoms with Crippen molar-refractivity contribution >= 4 is 12.0 Å². The Morgan fingerprint density at radius 1 is 1.05 bits per heavy atom. The Bertz CT molecular complexity index is 741. The van der Waals surface area contributed by atoms with Crippen molar-refractivity contribution in [3.63, 3.8) is 0 Å². The van der Waals surface area contributed by atoms with E-state index in [1.54, 1.807) is 13.0 Å². The van der Waals surface area contributed by atoms with Crippen molar-refractivity contribution in [3.05, 3.63) is 83.1 Å². The van der Waals surface area contributed by atoms with Crippen molar-refractivity contribution in [2.24, 2.45) is 0 Å². The molecule has 0 aromatic heterocycles. The van der Waals surface area contributed by atoms with Crippen molar-refractivity contribution in [1.82, 2.24) is 0 Å². The molecule has 0 saturated carbocycles. The van der Waals surface area contributed by atoms with Crippen LogP contribution in [0, 0.1) is 11.8 Å². The molecular formula is C20H16O2. The van der Waals surface area contributed by atoms with Crippen molar-refractivity contribution < 1.29 is 9.53 Å². The third-order valence-corrected chi connectivity index (χ3v) is 2.84. The second-order valence-corrected chi connectivity index (χ2v) is 4.57. The summed E-state index contributed by atoms with van der Waals surface area (Å²) in [6.45, 7) is 1.74. The van der Waals surface area contributed by atoms with Crippen LogP contribution in [0.1, 0.15) is 18.1 Å². The lowest BCUT2D eigenvalue weighted by atomic mass is 10.2. The fraction of sp³-hybridized carbons (Fsp3) is 0.100. The van der Waals surface area contributed by atoms with E-state index in [-0.39, 0.29) is 6.61 Å². The van der Waals surface area contributed by atoms with Crippen LogP contribution in [-0.2, 0) is 9.53 Å². The van der Waals surface area contributed by atoms with Crippen LogP contribution in [0.15, 0.2) is 72.0 Å².